The topological polar surface area (TPSA) is 155 Å². The van der Waals surface area contributed by atoms with E-state index >= 15 is 0 Å². The fraction of sp³-hybridized carbons (Fsp3) is 0.440. The predicted molar refractivity (Wildman–Crippen MR) is 140 cm³/mol. The van der Waals surface area contributed by atoms with Crippen molar-refractivity contribution >= 4 is 37.4 Å². The highest BCUT2D eigenvalue weighted by Crippen LogP contribution is 2.45. The third-order valence-electron chi connectivity index (χ3n) is 5.85. The van der Waals surface area contributed by atoms with Crippen molar-refractivity contribution in [3.63, 3.8) is 0 Å². The van der Waals surface area contributed by atoms with Crippen LogP contribution in [0.25, 0.3) is 6.08 Å². The molecule has 1 aromatic carbocycles. The maximum atomic E-state index is 13.0. The number of ether oxygens (including phenoxy) is 1. The van der Waals surface area contributed by atoms with Crippen molar-refractivity contribution in [1.82, 2.24) is 10.4 Å². The number of rotatable bonds is 6. The molecule has 208 valence electrons. The normalized spacial score (nSPS) is 20.2. The van der Waals surface area contributed by atoms with Gasteiger partial charge in [0.1, 0.15) is 11.3 Å². The number of amides is 1. The van der Waals surface area contributed by atoms with E-state index in [9.17, 15) is 29.0 Å². The van der Waals surface area contributed by atoms with Crippen LogP contribution in [0, 0.1) is 0 Å². The first-order valence-electron chi connectivity index (χ1n) is 12.2. The molecule has 1 fully saturated rings. The number of fused-ring (bicyclic) bond motifs is 1. The van der Waals surface area contributed by atoms with Crippen LogP contribution in [-0.4, -0.2) is 58.0 Å². The summed E-state index contributed by atoms with van der Waals surface area (Å²) in [6, 6.07) is 0.834. The molecule has 0 bridgehead atoms. The molecule has 0 aromatic heterocycles. The molecule has 0 saturated carbocycles. The number of benzene rings is 1. The molecule has 2 aliphatic heterocycles. The number of phosphoric ester groups is 1. The number of halogens is 1. The summed E-state index contributed by atoms with van der Waals surface area (Å²) in [5.41, 5.74) is 3.37. The van der Waals surface area contributed by atoms with E-state index in [1.54, 1.807) is 11.0 Å². The summed E-state index contributed by atoms with van der Waals surface area (Å²) < 4.78 is 21.6. The number of phenolic OH excluding ortho intramolecular Hbond substituents is 1. The van der Waals surface area contributed by atoms with Crippen LogP contribution in [-0.2, 0) is 18.9 Å². The number of hydrogen-bond donors (Lipinski definition) is 4. The Balaban J connectivity index is 2.02. The summed E-state index contributed by atoms with van der Waals surface area (Å²) in [7, 11) is -5.12. The fourth-order valence-electron chi connectivity index (χ4n) is 4.03. The highest BCUT2D eigenvalue weighted by Gasteiger charge is 2.28. The Morgan fingerprint density at radius 1 is 1.18 bits per heavy atom. The molecule has 38 heavy (non-hydrogen) atoms. The van der Waals surface area contributed by atoms with Gasteiger partial charge in [-0.3, -0.25) is 24.9 Å². The number of hydrogen-bond acceptors (Lipinski definition) is 8. The van der Waals surface area contributed by atoms with Crippen LogP contribution in [0.3, 0.4) is 0 Å². The van der Waals surface area contributed by atoms with Crippen molar-refractivity contribution in [2.45, 2.75) is 45.4 Å². The molecule has 4 N–H and O–H groups in total. The molecule has 2 heterocycles. The second-order valence-electron chi connectivity index (χ2n) is 8.94. The average Bonchev–Trinajstić information content (AvgIpc) is 2.85. The number of cyclic esters (lactones) is 1. The Hall–Kier alpha value is -2.82. The van der Waals surface area contributed by atoms with Gasteiger partial charge in [0.2, 0.25) is 0 Å². The molecule has 0 spiro atoms. The Morgan fingerprint density at radius 3 is 2.61 bits per heavy atom. The highest BCUT2D eigenvalue weighted by molar-refractivity contribution is 7.46. The lowest BCUT2D eigenvalue weighted by Crippen LogP contribution is -2.39. The van der Waals surface area contributed by atoms with Crippen molar-refractivity contribution in [3.05, 3.63) is 51.7 Å². The van der Waals surface area contributed by atoms with Gasteiger partial charge in [-0.2, -0.15) is 0 Å². The molecule has 0 aliphatic carbocycles. The fourth-order valence-corrected chi connectivity index (χ4v) is 4.64. The zero-order valence-corrected chi connectivity index (χ0v) is 22.7. The number of esters is 1. The minimum absolute atomic E-state index is 0.00597. The number of piperidine rings is 1. The minimum Gasteiger partial charge on any atom is -0.506 e. The van der Waals surface area contributed by atoms with Crippen molar-refractivity contribution in [2.75, 3.05) is 26.3 Å². The molecule has 13 heteroatoms. The predicted octanol–water partition coefficient (Wildman–Crippen LogP) is 4.23. The van der Waals surface area contributed by atoms with Crippen LogP contribution < -0.4 is 10.0 Å². The zero-order valence-electron chi connectivity index (χ0n) is 21.0. The lowest BCUT2D eigenvalue weighted by atomic mass is 10.0. The molecule has 11 nitrogen and oxygen atoms in total. The number of likely N-dealkylation sites (tertiary alicyclic amines) is 1. The molecule has 3 rings (SSSR count). The van der Waals surface area contributed by atoms with Gasteiger partial charge in [-0.05, 0) is 57.6 Å². The number of hydroxylamine groups is 1. The van der Waals surface area contributed by atoms with E-state index < -0.39 is 30.9 Å². The quantitative estimate of drug-likeness (QED) is 0.169. The number of carbonyl (C=O) groups is 2. The summed E-state index contributed by atoms with van der Waals surface area (Å²) in [5, 5.41) is 10.1. The lowest BCUT2D eigenvalue weighted by molar-refractivity contribution is -0.139. The number of nitrogens with zero attached hydrogens (tertiary/aromatic N) is 1. The van der Waals surface area contributed by atoms with E-state index in [2.05, 4.69) is 5.48 Å². The molecule has 1 aromatic rings. The van der Waals surface area contributed by atoms with Gasteiger partial charge in [0.05, 0.1) is 17.3 Å². The molecular formula is C25H32ClN2O9P. The number of aromatic hydroxyl groups is 1. The van der Waals surface area contributed by atoms with Gasteiger partial charge in [-0.1, -0.05) is 29.3 Å². The van der Waals surface area contributed by atoms with Gasteiger partial charge in [0, 0.05) is 24.7 Å². The van der Waals surface area contributed by atoms with Gasteiger partial charge in [0.25, 0.3) is 5.91 Å². The summed E-state index contributed by atoms with van der Waals surface area (Å²) in [6.07, 6.45) is 11.7. The van der Waals surface area contributed by atoms with E-state index in [0.717, 1.165) is 37.3 Å². The Morgan fingerprint density at radius 2 is 1.89 bits per heavy atom. The monoisotopic (exact) mass is 570 g/mol. The van der Waals surface area contributed by atoms with Gasteiger partial charge in [-0.15, -0.1) is 0 Å². The zero-order chi connectivity index (χ0) is 27.7. The number of phenols is 1. The van der Waals surface area contributed by atoms with E-state index in [1.807, 2.05) is 19.1 Å². The summed E-state index contributed by atoms with van der Waals surface area (Å²) in [5.74, 6) is -2.33. The molecule has 0 unspecified atom stereocenters. The van der Waals surface area contributed by atoms with Crippen molar-refractivity contribution < 1.29 is 43.1 Å². The van der Waals surface area contributed by atoms with Gasteiger partial charge < -0.3 is 19.3 Å². The van der Waals surface area contributed by atoms with Crippen molar-refractivity contribution in [2.24, 2.45) is 0 Å². The van der Waals surface area contributed by atoms with Gasteiger partial charge in [0.15, 0.2) is 12.4 Å². The molecule has 1 amide bonds. The van der Waals surface area contributed by atoms with E-state index in [0.29, 0.717) is 25.9 Å². The van der Waals surface area contributed by atoms with Crippen LogP contribution >= 0.6 is 19.4 Å². The number of nitrogens with one attached hydrogen (secondary N) is 1. The second kappa shape index (κ2) is 13.8. The van der Waals surface area contributed by atoms with Crippen LogP contribution in [0.2, 0.25) is 5.02 Å². The van der Waals surface area contributed by atoms with Gasteiger partial charge in [-0.25, -0.2) is 9.36 Å². The van der Waals surface area contributed by atoms with E-state index in [1.165, 1.54) is 6.08 Å². The first-order chi connectivity index (χ1) is 18.0. The maximum Gasteiger partial charge on any atom is 0.524 e. The lowest BCUT2D eigenvalue weighted by Gasteiger charge is -2.26. The summed E-state index contributed by atoms with van der Waals surface area (Å²) >= 11 is 6.35. The van der Waals surface area contributed by atoms with Crippen LogP contribution in [0.5, 0.6) is 11.5 Å². The Bertz CT molecular complexity index is 1170. The van der Waals surface area contributed by atoms with Crippen molar-refractivity contribution in [3.8, 4) is 11.5 Å². The highest BCUT2D eigenvalue weighted by atomic mass is 35.5. The third kappa shape index (κ3) is 8.89. The molecule has 0 radical (unpaired) electrons. The molecule has 0 atom stereocenters. The minimum atomic E-state index is -5.12. The third-order valence-corrected chi connectivity index (χ3v) is 6.68. The van der Waals surface area contributed by atoms with Crippen molar-refractivity contribution in [1.29, 1.82) is 0 Å². The standard InChI is InChI=1S/C25H32ClN2O9P/c1-17-9-5-2-3-8-12-35-25(31)23-19(24(26)20(29)15-21(23)37-38(32,33)34)14-18(13-17)27-36-16-22(30)28-10-6-4-7-11-28/h2-3,13-15,27,29H,4-12,16H2,1H3,(H2,32,33,34)/b3-2?,17-13+,18-14-. The first-order valence-corrected chi connectivity index (χ1v) is 14.1. The van der Waals surface area contributed by atoms with Gasteiger partial charge >= 0.3 is 13.8 Å². The molecule has 1 saturated heterocycles. The molecule has 2 aliphatic rings. The van der Waals surface area contributed by atoms with Crippen LogP contribution in [0.1, 0.15) is 61.4 Å². The Labute approximate surface area is 225 Å². The SMILES string of the molecule is C/C1=C\C(NOCC(=O)N2CCCCC2)=C\c2c(Cl)c(O)cc(OP(=O)(O)O)c2C(=O)OCCC=CCC1. The summed E-state index contributed by atoms with van der Waals surface area (Å²) in [4.78, 5) is 51.5. The molecular weight excluding hydrogens is 539 g/mol. The average molecular weight is 571 g/mol. The summed E-state index contributed by atoms with van der Waals surface area (Å²) in [6.45, 7) is 2.97. The number of carbonyl (C=O) groups excluding carboxylic acids is 2. The smallest absolute Gasteiger partial charge is 0.506 e. The first kappa shape index (κ1) is 29.7. The largest absolute Gasteiger partial charge is 0.524 e. The number of phosphoric acid groups is 1. The van der Waals surface area contributed by atoms with Crippen LogP contribution in [0.4, 0.5) is 0 Å². The van der Waals surface area contributed by atoms with E-state index in [-0.39, 0.29) is 35.4 Å². The second-order valence-corrected chi connectivity index (χ2v) is 10.5. The Kier molecular flexibility index (Phi) is 10.8. The van der Waals surface area contributed by atoms with Crippen LogP contribution in [0.15, 0.2) is 35.6 Å². The number of allylic oxidation sites excluding steroid dienone is 3. The van der Waals surface area contributed by atoms with E-state index in [4.69, 9.17) is 25.7 Å². The maximum absolute atomic E-state index is 13.0.